The Kier molecular flexibility index (Phi) is 4.65. The average molecular weight is 296 g/mol. The van der Waals surface area contributed by atoms with Crippen LogP contribution >= 0.6 is 0 Å². The van der Waals surface area contributed by atoms with E-state index in [1.165, 1.54) is 11.1 Å². The van der Waals surface area contributed by atoms with Crippen LogP contribution in [0.1, 0.15) is 49.1 Å². The summed E-state index contributed by atoms with van der Waals surface area (Å²) in [4.78, 5) is 16.6. The molecule has 0 spiro atoms. The molecule has 3 nitrogen and oxygen atoms in total. The molecule has 0 aliphatic rings. The lowest BCUT2D eigenvalue weighted by Crippen LogP contribution is -2.38. The molecule has 2 aromatic rings. The van der Waals surface area contributed by atoms with E-state index in [0.717, 1.165) is 11.1 Å². The number of nitrogens with zero attached hydrogens (tertiary/aromatic N) is 1. The maximum absolute atomic E-state index is 12.4. The van der Waals surface area contributed by atoms with Gasteiger partial charge in [-0.15, -0.1) is 0 Å². The highest BCUT2D eigenvalue weighted by Gasteiger charge is 2.25. The van der Waals surface area contributed by atoms with Gasteiger partial charge in [0.2, 0.25) is 5.91 Å². The fourth-order valence-electron chi connectivity index (χ4n) is 2.20. The molecule has 2 rings (SSSR count). The minimum atomic E-state index is -0.430. The van der Waals surface area contributed by atoms with Gasteiger partial charge in [0.05, 0.1) is 6.04 Å². The van der Waals surface area contributed by atoms with Gasteiger partial charge in [-0.2, -0.15) is 0 Å². The first kappa shape index (κ1) is 16.2. The molecule has 22 heavy (non-hydrogen) atoms. The van der Waals surface area contributed by atoms with Crippen LogP contribution in [0.25, 0.3) is 0 Å². The van der Waals surface area contributed by atoms with Crippen molar-refractivity contribution < 1.29 is 4.79 Å². The number of nitrogens with one attached hydrogen (secondary N) is 1. The van der Waals surface area contributed by atoms with E-state index in [2.05, 4.69) is 42.3 Å². The number of pyridine rings is 1. The summed E-state index contributed by atoms with van der Waals surface area (Å²) >= 11 is 0. The highest BCUT2D eigenvalue weighted by molar-refractivity contribution is 5.82. The van der Waals surface area contributed by atoms with Crippen molar-refractivity contribution in [2.45, 2.75) is 40.7 Å². The third kappa shape index (κ3) is 3.73. The van der Waals surface area contributed by atoms with Crippen LogP contribution < -0.4 is 5.32 Å². The first-order valence-electron chi connectivity index (χ1n) is 7.57. The van der Waals surface area contributed by atoms with Crippen molar-refractivity contribution in [3.05, 3.63) is 65.0 Å². The van der Waals surface area contributed by atoms with E-state index in [1.54, 1.807) is 6.20 Å². The van der Waals surface area contributed by atoms with Crippen molar-refractivity contribution in [2.24, 2.45) is 5.41 Å². The molecule has 0 saturated heterocycles. The van der Waals surface area contributed by atoms with Crippen molar-refractivity contribution in [1.29, 1.82) is 0 Å². The molecular formula is C19H24N2O. The Balaban J connectivity index is 2.42. The van der Waals surface area contributed by atoms with Crippen LogP contribution in [0, 0.1) is 19.3 Å². The highest BCUT2D eigenvalue weighted by atomic mass is 16.2. The van der Waals surface area contributed by atoms with E-state index >= 15 is 0 Å². The second kappa shape index (κ2) is 6.30. The van der Waals surface area contributed by atoms with Gasteiger partial charge in [-0.3, -0.25) is 9.78 Å². The fraction of sp³-hybridized carbons (Fsp3) is 0.368. The van der Waals surface area contributed by atoms with Gasteiger partial charge < -0.3 is 5.32 Å². The van der Waals surface area contributed by atoms with Gasteiger partial charge in [-0.25, -0.2) is 0 Å². The van der Waals surface area contributed by atoms with Crippen molar-refractivity contribution in [1.82, 2.24) is 10.3 Å². The molecule has 0 radical (unpaired) electrons. The van der Waals surface area contributed by atoms with Gasteiger partial charge in [-0.1, -0.05) is 45.0 Å². The predicted octanol–water partition coefficient (Wildman–Crippen LogP) is 3.95. The topological polar surface area (TPSA) is 42.0 Å². The van der Waals surface area contributed by atoms with Crippen molar-refractivity contribution in [2.75, 3.05) is 0 Å². The van der Waals surface area contributed by atoms with Crippen LogP contribution in [0.15, 0.2) is 42.7 Å². The quantitative estimate of drug-likeness (QED) is 0.932. The van der Waals surface area contributed by atoms with Crippen LogP contribution in [0.4, 0.5) is 0 Å². The number of hydrogen-bond donors (Lipinski definition) is 1. The molecule has 0 saturated carbocycles. The zero-order valence-electron chi connectivity index (χ0n) is 14.0. The molecule has 1 N–H and O–H groups in total. The molecule has 116 valence electrons. The molecular weight excluding hydrogens is 272 g/mol. The Bertz CT molecular complexity index is 657. The normalized spacial score (nSPS) is 12.8. The highest BCUT2D eigenvalue weighted by Crippen LogP contribution is 2.25. The van der Waals surface area contributed by atoms with Gasteiger partial charge in [0, 0.05) is 17.8 Å². The maximum atomic E-state index is 12.4. The smallest absolute Gasteiger partial charge is 0.226 e. The summed E-state index contributed by atoms with van der Waals surface area (Å²) in [5.41, 5.74) is 4.10. The molecule has 3 heteroatoms. The Morgan fingerprint density at radius 2 is 1.82 bits per heavy atom. The van der Waals surface area contributed by atoms with Gasteiger partial charge in [0.1, 0.15) is 0 Å². The van der Waals surface area contributed by atoms with Gasteiger partial charge in [0.25, 0.3) is 0 Å². The number of carbonyl (C=O) groups excluding carboxylic acids is 1. The first-order chi connectivity index (χ1) is 10.3. The molecule has 1 aromatic heterocycles. The molecule has 0 aliphatic heterocycles. The summed E-state index contributed by atoms with van der Waals surface area (Å²) in [5.74, 6) is 0.0274. The standard InChI is InChI=1S/C19H24N2O/c1-13-8-9-15(11-14(13)2)17(16-7-6-10-20-12-16)21-18(22)19(3,4)5/h6-12,17H,1-5H3,(H,21,22)/t17-/m1/s1. The maximum Gasteiger partial charge on any atom is 0.226 e. The van der Waals surface area contributed by atoms with E-state index in [9.17, 15) is 4.79 Å². The Morgan fingerprint density at radius 1 is 1.09 bits per heavy atom. The molecule has 1 atom stereocenters. The minimum Gasteiger partial charge on any atom is -0.345 e. The first-order valence-corrected chi connectivity index (χ1v) is 7.57. The summed E-state index contributed by atoms with van der Waals surface area (Å²) < 4.78 is 0. The number of rotatable bonds is 3. The van der Waals surface area contributed by atoms with E-state index in [0.29, 0.717) is 0 Å². The number of aromatic nitrogens is 1. The Labute approximate surface area is 132 Å². The van der Waals surface area contributed by atoms with E-state index in [-0.39, 0.29) is 11.9 Å². The van der Waals surface area contributed by atoms with Crippen molar-refractivity contribution >= 4 is 5.91 Å². The number of benzene rings is 1. The van der Waals surface area contributed by atoms with E-state index in [1.807, 2.05) is 39.1 Å². The lowest BCUT2D eigenvalue weighted by Gasteiger charge is -2.25. The molecule has 0 fully saturated rings. The van der Waals surface area contributed by atoms with Gasteiger partial charge in [0.15, 0.2) is 0 Å². The zero-order chi connectivity index (χ0) is 16.3. The van der Waals surface area contributed by atoms with Gasteiger partial charge >= 0.3 is 0 Å². The summed E-state index contributed by atoms with van der Waals surface area (Å²) in [6, 6.07) is 10.0. The van der Waals surface area contributed by atoms with Crippen LogP contribution in [0.3, 0.4) is 0 Å². The summed E-state index contributed by atoms with van der Waals surface area (Å²) in [7, 11) is 0. The minimum absolute atomic E-state index is 0.0274. The number of aryl methyl sites for hydroxylation is 2. The van der Waals surface area contributed by atoms with Crippen molar-refractivity contribution in [3.8, 4) is 0 Å². The van der Waals surface area contributed by atoms with Crippen molar-refractivity contribution in [3.63, 3.8) is 0 Å². The molecule has 1 heterocycles. The lowest BCUT2D eigenvalue weighted by atomic mass is 9.92. The molecule has 0 bridgehead atoms. The van der Waals surface area contributed by atoms with E-state index < -0.39 is 5.41 Å². The Hall–Kier alpha value is -2.16. The van der Waals surface area contributed by atoms with Crippen LogP contribution in [0.5, 0.6) is 0 Å². The van der Waals surface area contributed by atoms with E-state index in [4.69, 9.17) is 0 Å². The SMILES string of the molecule is Cc1ccc([C@@H](NC(=O)C(C)(C)C)c2cccnc2)cc1C. The van der Waals surface area contributed by atoms with Crippen LogP contribution in [-0.2, 0) is 4.79 Å². The monoisotopic (exact) mass is 296 g/mol. The fourth-order valence-corrected chi connectivity index (χ4v) is 2.20. The number of amides is 1. The zero-order valence-corrected chi connectivity index (χ0v) is 14.0. The third-order valence-corrected chi connectivity index (χ3v) is 3.84. The summed E-state index contributed by atoms with van der Waals surface area (Å²) in [5, 5.41) is 3.16. The second-order valence-corrected chi connectivity index (χ2v) is 6.79. The lowest BCUT2D eigenvalue weighted by molar-refractivity contribution is -0.129. The summed E-state index contributed by atoms with van der Waals surface area (Å²) in [6.07, 6.45) is 3.55. The number of hydrogen-bond acceptors (Lipinski definition) is 2. The molecule has 1 amide bonds. The van der Waals surface area contributed by atoms with Gasteiger partial charge in [-0.05, 0) is 42.2 Å². The van der Waals surface area contributed by atoms with Crippen LogP contribution in [0.2, 0.25) is 0 Å². The Morgan fingerprint density at radius 3 is 2.36 bits per heavy atom. The average Bonchev–Trinajstić information content (AvgIpc) is 2.47. The largest absolute Gasteiger partial charge is 0.345 e. The molecule has 0 unspecified atom stereocenters. The summed E-state index contributed by atoms with van der Waals surface area (Å²) in [6.45, 7) is 9.94. The molecule has 1 aromatic carbocycles. The predicted molar refractivity (Wildman–Crippen MR) is 89.6 cm³/mol. The second-order valence-electron chi connectivity index (χ2n) is 6.79. The third-order valence-electron chi connectivity index (χ3n) is 3.84. The molecule has 0 aliphatic carbocycles. The van der Waals surface area contributed by atoms with Crippen LogP contribution in [-0.4, -0.2) is 10.9 Å². The number of carbonyl (C=O) groups is 1.